The van der Waals surface area contributed by atoms with E-state index >= 15 is 0 Å². The van der Waals surface area contributed by atoms with Gasteiger partial charge in [-0.05, 0) is 42.3 Å². The Morgan fingerprint density at radius 1 is 1.10 bits per heavy atom. The lowest BCUT2D eigenvalue weighted by Crippen LogP contribution is -2.24. The quantitative estimate of drug-likeness (QED) is 0.838. The van der Waals surface area contributed by atoms with Crippen molar-refractivity contribution < 1.29 is 8.78 Å². The van der Waals surface area contributed by atoms with Crippen LogP contribution in [0.4, 0.5) is 8.78 Å². The van der Waals surface area contributed by atoms with E-state index in [1.54, 1.807) is 0 Å². The minimum absolute atomic E-state index is 0.508. The summed E-state index contributed by atoms with van der Waals surface area (Å²) < 4.78 is 26.2. The molecule has 1 aliphatic heterocycles. The summed E-state index contributed by atoms with van der Waals surface area (Å²) >= 11 is 1.90. The molecule has 110 valence electrons. The van der Waals surface area contributed by atoms with Gasteiger partial charge in [0.05, 0.1) is 0 Å². The molecule has 4 heteroatoms. The molecule has 0 fully saturated rings. The summed E-state index contributed by atoms with van der Waals surface area (Å²) in [4.78, 5) is 1.37. The zero-order valence-corrected chi connectivity index (χ0v) is 12.4. The van der Waals surface area contributed by atoms with Crippen LogP contribution in [0.15, 0.2) is 47.4 Å². The molecule has 1 N–H and O–H groups in total. The highest BCUT2D eigenvalue weighted by atomic mass is 32.2. The van der Waals surface area contributed by atoms with Crippen LogP contribution in [-0.4, -0.2) is 18.8 Å². The number of thioether (sulfide) groups is 1. The zero-order valence-electron chi connectivity index (χ0n) is 11.6. The van der Waals surface area contributed by atoms with Crippen molar-refractivity contribution in [1.82, 2.24) is 5.32 Å². The van der Waals surface area contributed by atoms with Crippen LogP contribution in [-0.2, 0) is 6.42 Å². The molecule has 21 heavy (non-hydrogen) atoms. The van der Waals surface area contributed by atoms with Crippen molar-refractivity contribution in [2.75, 3.05) is 18.8 Å². The van der Waals surface area contributed by atoms with Gasteiger partial charge in [-0.1, -0.05) is 18.2 Å². The van der Waals surface area contributed by atoms with Crippen LogP contribution in [0.3, 0.4) is 0 Å². The van der Waals surface area contributed by atoms with Crippen LogP contribution in [0.2, 0.25) is 0 Å². The second-order valence-electron chi connectivity index (χ2n) is 5.28. The van der Waals surface area contributed by atoms with Gasteiger partial charge in [-0.2, -0.15) is 0 Å². The molecule has 3 rings (SSSR count). The molecule has 1 heterocycles. The summed E-state index contributed by atoms with van der Waals surface area (Å²) in [6, 6.07) is 12.2. The average molecular weight is 305 g/mol. The van der Waals surface area contributed by atoms with E-state index in [1.165, 1.54) is 22.6 Å². The van der Waals surface area contributed by atoms with E-state index in [0.717, 1.165) is 24.9 Å². The number of hydrogen-bond acceptors (Lipinski definition) is 2. The maximum Gasteiger partial charge on any atom is 0.126 e. The highest BCUT2D eigenvalue weighted by molar-refractivity contribution is 7.99. The summed E-state index contributed by atoms with van der Waals surface area (Å²) in [6.45, 7) is 1.63. The normalized spacial score (nSPS) is 17.0. The van der Waals surface area contributed by atoms with Gasteiger partial charge in [0.1, 0.15) is 11.6 Å². The Labute approximate surface area is 127 Å². The van der Waals surface area contributed by atoms with Crippen molar-refractivity contribution >= 4 is 11.8 Å². The third-order valence-electron chi connectivity index (χ3n) is 3.70. The van der Waals surface area contributed by atoms with E-state index in [9.17, 15) is 8.78 Å². The Morgan fingerprint density at radius 3 is 2.67 bits per heavy atom. The van der Waals surface area contributed by atoms with E-state index in [4.69, 9.17) is 0 Å². The van der Waals surface area contributed by atoms with Gasteiger partial charge in [-0.3, -0.25) is 0 Å². The molecule has 1 unspecified atom stereocenters. The van der Waals surface area contributed by atoms with Gasteiger partial charge in [0.15, 0.2) is 0 Å². The minimum atomic E-state index is -0.508. The van der Waals surface area contributed by atoms with Crippen molar-refractivity contribution in [2.45, 2.75) is 17.2 Å². The largest absolute Gasteiger partial charge is 0.316 e. The van der Waals surface area contributed by atoms with Crippen molar-refractivity contribution in [3.63, 3.8) is 0 Å². The van der Waals surface area contributed by atoms with E-state index < -0.39 is 11.6 Å². The van der Waals surface area contributed by atoms with Crippen LogP contribution < -0.4 is 5.32 Å². The molecule has 0 aromatic heterocycles. The van der Waals surface area contributed by atoms with Crippen LogP contribution >= 0.6 is 11.8 Å². The summed E-state index contributed by atoms with van der Waals surface area (Å²) in [5.74, 6) is 0.605. The number of rotatable bonds is 5. The lowest BCUT2D eigenvalue weighted by Gasteiger charge is -2.12. The number of halogens is 2. The molecule has 1 nitrogen and oxygen atoms in total. The monoisotopic (exact) mass is 305 g/mol. The summed E-state index contributed by atoms with van der Waals surface area (Å²) in [7, 11) is 0. The van der Waals surface area contributed by atoms with Crippen molar-refractivity contribution in [1.29, 1.82) is 0 Å². The van der Waals surface area contributed by atoms with Gasteiger partial charge in [0, 0.05) is 29.2 Å². The van der Waals surface area contributed by atoms with Crippen molar-refractivity contribution in [3.05, 3.63) is 65.2 Å². The zero-order chi connectivity index (χ0) is 14.7. The Morgan fingerprint density at radius 2 is 1.86 bits per heavy atom. The molecule has 1 aliphatic rings. The molecular weight excluding hydrogens is 288 g/mol. The molecule has 1 atom stereocenters. The minimum Gasteiger partial charge on any atom is -0.316 e. The Balaban J connectivity index is 1.49. The number of nitrogens with one attached hydrogen (secondary N) is 1. The van der Waals surface area contributed by atoms with Gasteiger partial charge in [0.25, 0.3) is 0 Å². The fourth-order valence-electron chi connectivity index (χ4n) is 2.66. The van der Waals surface area contributed by atoms with Gasteiger partial charge < -0.3 is 5.32 Å². The van der Waals surface area contributed by atoms with Crippen molar-refractivity contribution in [2.24, 2.45) is 0 Å². The lowest BCUT2D eigenvalue weighted by atomic mass is 10.0. The number of hydrogen-bond donors (Lipinski definition) is 1. The summed E-state index contributed by atoms with van der Waals surface area (Å²) in [5.41, 5.74) is 2.10. The first-order valence-electron chi connectivity index (χ1n) is 7.10. The number of fused-ring (bicyclic) bond motifs is 1. The summed E-state index contributed by atoms with van der Waals surface area (Å²) in [5, 5.41) is 3.40. The van der Waals surface area contributed by atoms with Crippen LogP contribution in [0, 0.1) is 11.6 Å². The average Bonchev–Trinajstić information content (AvgIpc) is 2.86. The topological polar surface area (TPSA) is 12.0 Å². The maximum atomic E-state index is 13.1. The highest BCUT2D eigenvalue weighted by Gasteiger charge is 2.21. The Kier molecular flexibility index (Phi) is 4.56. The van der Waals surface area contributed by atoms with Gasteiger partial charge in [-0.15, -0.1) is 11.8 Å². The molecule has 0 radical (unpaired) electrons. The van der Waals surface area contributed by atoms with Crippen LogP contribution in [0.25, 0.3) is 0 Å². The fraction of sp³-hybridized carbons (Fsp3) is 0.294. The lowest BCUT2D eigenvalue weighted by molar-refractivity contribution is 0.575. The first-order valence-corrected chi connectivity index (χ1v) is 8.08. The third-order valence-corrected chi connectivity index (χ3v) is 4.95. The maximum absolute atomic E-state index is 13.1. The Bertz CT molecular complexity index is 610. The predicted molar refractivity (Wildman–Crippen MR) is 82.8 cm³/mol. The number of benzene rings is 2. The summed E-state index contributed by atoms with van der Waals surface area (Å²) in [6.07, 6.45) is 0.635. The molecule has 0 saturated heterocycles. The van der Waals surface area contributed by atoms with Crippen molar-refractivity contribution in [3.8, 4) is 0 Å². The van der Waals surface area contributed by atoms with Crippen LogP contribution in [0.1, 0.15) is 17.0 Å². The predicted octanol–water partition coefficient (Wildman–Crippen LogP) is 3.99. The van der Waals surface area contributed by atoms with Gasteiger partial charge >= 0.3 is 0 Å². The second kappa shape index (κ2) is 6.58. The molecular formula is C17H17F2NS. The SMILES string of the molecule is Fc1cc(F)cc(CCNCC2CSc3ccccc32)c1. The van der Waals surface area contributed by atoms with Gasteiger partial charge in [0.2, 0.25) is 0 Å². The molecule has 0 aliphatic carbocycles. The fourth-order valence-corrected chi connectivity index (χ4v) is 3.92. The molecule has 0 spiro atoms. The van der Waals surface area contributed by atoms with E-state index in [1.807, 2.05) is 11.8 Å². The van der Waals surface area contributed by atoms with E-state index in [-0.39, 0.29) is 0 Å². The first-order chi connectivity index (χ1) is 10.2. The highest BCUT2D eigenvalue weighted by Crippen LogP contribution is 2.38. The molecule has 0 amide bonds. The van der Waals surface area contributed by atoms with E-state index in [0.29, 0.717) is 17.9 Å². The molecule has 2 aromatic carbocycles. The Hall–Kier alpha value is -1.39. The van der Waals surface area contributed by atoms with Crippen LogP contribution in [0.5, 0.6) is 0 Å². The standard InChI is InChI=1S/C17H17F2NS/c18-14-7-12(8-15(19)9-14)5-6-20-10-13-11-21-17-4-2-1-3-16(13)17/h1-4,7-9,13,20H,5-6,10-11H2. The third kappa shape index (κ3) is 3.63. The molecule has 0 saturated carbocycles. The van der Waals surface area contributed by atoms with Gasteiger partial charge in [-0.25, -0.2) is 8.78 Å². The van der Waals surface area contributed by atoms with E-state index in [2.05, 4.69) is 29.6 Å². The molecule has 2 aromatic rings. The first kappa shape index (κ1) is 14.5. The molecule has 0 bridgehead atoms. The smallest absolute Gasteiger partial charge is 0.126 e. The second-order valence-corrected chi connectivity index (χ2v) is 6.34.